The number of hydrogen-bond donors (Lipinski definition) is 2. The molecule has 1 unspecified atom stereocenters. The molecule has 2 aromatic rings. The number of benzene rings is 1. The lowest BCUT2D eigenvalue weighted by molar-refractivity contribution is -0.118. The first-order valence-electron chi connectivity index (χ1n) is 11.0. The van der Waals surface area contributed by atoms with Gasteiger partial charge in [0.25, 0.3) is 0 Å². The molecule has 3 amide bonds. The van der Waals surface area contributed by atoms with Crippen LogP contribution < -0.4 is 15.5 Å². The standard InChI is InChI=1S/C24H28N4O3/c29-22(26-18-4-1-5-19(16-18)28-14-10-25-23(28)30)21-17-24(21)8-12-27(13-9-24)11-2-6-20-7-3-15-31-20/h1-7,15-16,21H,8-14,17H2,(H,25,30)(H,26,29)/b6-2+. The van der Waals surface area contributed by atoms with Crippen LogP contribution in [0.4, 0.5) is 16.2 Å². The highest BCUT2D eigenvalue weighted by atomic mass is 16.3. The van der Waals surface area contributed by atoms with Crippen LogP contribution in [0.25, 0.3) is 6.08 Å². The summed E-state index contributed by atoms with van der Waals surface area (Å²) in [7, 11) is 0. The Bertz CT molecular complexity index is 976. The average Bonchev–Trinajstić information content (AvgIpc) is 3.10. The molecule has 5 rings (SSSR count). The molecular weight excluding hydrogens is 392 g/mol. The van der Waals surface area contributed by atoms with Crippen LogP contribution in [-0.2, 0) is 4.79 Å². The molecule has 2 saturated heterocycles. The van der Waals surface area contributed by atoms with Gasteiger partial charge in [-0.15, -0.1) is 0 Å². The van der Waals surface area contributed by atoms with E-state index >= 15 is 0 Å². The van der Waals surface area contributed by atoms with Gasteiger partial charge in [-0.3, -0.25) is 14.6 Å². The van der Waals surface area contributed by atoms with E-state index in [2.05, 4.69) is 21.6 Å². The van der Waals surface area contributed by atoms with Crippen molar-refractivity contribution in [2.75, 3.05) is 42.9 Å². The number of piperidine rings is 1. The van der Waals surface area contributed by atoms with E-state index in [4.69, 9.17) is 4.42 Å². The summed E-state index contributed by atoms with van der Waals surface area (Å²) in [6.45, 7) is 4.24. The molecular formula is C24H28N4O3. The van der Waals surface area contributed by atoms with E-state index in [9.17, 15) is 9.59 Å². The number of furan rings is 1. The normalized spacial score (nSPS) is 22.8. The van der Waals surface area contributed by atoms with Crippen molar-refractivity contribution in [1.82, 2.24) is 10.2 Å². The topological polar surface area (TPSA) is 77.8 Å². The number of carbonyl (C=O) groups is 2. The number of carbonyl (C=O) groups excluding carboxylic acids is 2. The van der Waals surface area contributed by atoms with Crippen LogP contribution in [0.1, 0.15) is 25.0 Å². The maximum Gasteiger partial charge on any atom is 0.321 e. The van der Waals surface area contributed by atoms with Gasteiger partial charge >= 0.3 is 6.03 Å². The molecule has 3 aliphatic rings. The van der Waals surface area contributed by atoms with Crippen LogP contribution in [0.15, 0.2) is 53.2 Å². The fraction of sp³-hybridized carbons (Fsp3) is 0.417. The van der Waals surface area contributed by atoms with Gasteiger partial charge in [0.2, 0.25) is 5.91 Å². The minimum atomic E-state index is -0.0876. The third kappa shape index (κ3) is 4.23. The molecule has 7 heteroatoms. The van der Waals surface area contributed by atoms with E-state index in [1.54, 1.807) is 11.2 Å². The zero-order valence-corrected chi connectivity index (χ0v) is 17.5. The first kappa shape index (κ1) is 19.9. The van der Waals surface area contributed by atoms with Crippen molar-refractivity contribution in [2.24, 2.45) is 11.3 Å². The van der Waals surface area contributed by atoms with Gasteiger partial charge in [0.15, 0.2) is 0 Å². The molecule has 1 aromatic carbocycles. The number of amides is 3. The van der Waals surface area contributed by atoms with Crippen LogP contribution in [0.2, 0.25) is 0 Å². The Balaban J connectivity index is 1.12. The Labute approximate surface area is 182 Å². The predicted molar refractivity (Wildman–Crippen MR) is 120 cm³/mol. The molecule has 31 heavy (non-hydrogen) atoms. The van der Waals surface area contributed by atoms with E-state index in [0.29, 0.717) is 13.1 Å². The summed E-state index contributed by atoms with van der Waals surface area (Å²) in [5.41, 5.74) is 1.73. The molecule has 2 aliphatic heterocycles. The number of likely N-dealkylation sites (tertiary alicyclic amines) is 1. The minimum Gasteiger partial charge on any atom is -0.465 e. The Kier molecular flexibility index (Phi) is 5.28. The molecule has 1 atom stereocenters. The lowest BCUT2D eigenvalue weighted by Crippen LogP contribution is -2.36. The molecule has 2 N–H and O–H groups in total. The second-order valence-electron chi connectivity index (χ2n) is 8.76. The first-order valence-corrected chi connectivity index (χ1v) is 11.0. The average molecular weight is 421 g/mol. The van der Waals surface area contributed by atoms with E-state index in [1.807, 2.05) is 42.5 Å². The predicted octanol–water partition coefficient (Wildman–Crippen LogP) is 3.56. The van der Waals surface area contributed by atoms with Crippen LogP contribution in [0.3, 0.4) is 0 Å². The van der Waals surface area contributed by atoms with Crippen molar-refractivity contribution < 1.29 is 14.0 Å². The van der Waals surface area contributed by atoms with Crippen molar-refractivity contribution in [3.8, 4) is 0 Å². The van der Waals surface area contributed by atoms with Crippen molar-refractivity contribution in [3.05, 3.63) is 54.5 Å². The Morgan fingerprint density at radius 1 is 1.23 bits per heavy atom. The lowest BCUT2D eigenvalue weighted by atomic mass is 9.90. The highest BCUT2D eigenvalue weighted by Crippen LogP contribution is 2.59. The number of hydrogen-bond acceptors (Lipinski definition) is 4. The molecule has 1 spiro atoms. The van der Waals surface area contributed by atoms with Crippen molar-refractivity contribution in [2.45, 2.75) is 19.3 Å². The second kappa shape index (κ2) is 8.23. The SMILES string of the molecule is O=C(Nc1cccc(N2CCNC2=O)c1)C1CC12CCN(C/C=C/c1ccco1)CC2. The quantitative estimate of drug-likeness (QED) is 0.749. The highest BCUT2D eigenvalue weighted by molar-refractivity contribution is 5.97. The third-order valence-corrected chi connectivity index (χ3v) is 6.83. The maximum absolute atomic E-state index is 12.9. The summed E-state index contributed by atoms with van der Waals surface area (Å²) in [6, 6.07) is 11.3. The monoisotopic (exact) mass is 420 g/mol. The van der Waals surface area contributed by atoms with E-state index < -0.39 is 0 Å². The molecule has 0 bridgehead atoms. The van der Waals surface area contributed by atoms with Crippen LogP contribution in [0.5, 0.6) is 0 Å². The van der Waals surface area contributed by atoms with Gasteiger partial charge in [-0.05, 0) is 74.2 Å². The molecule has 1 aromatic heterocycles. The van der Waals surface area contributed by atoms with Gasteiger partial charge in [-0.25, -0.2) is 4.79 Å². The second-order valence-corrected chi connectivity index (χ2v) is 8.76. The molecule has 3 heterocycles. The van der Waals surface area contributed by atoms with E-state index in [1.165, 1.54) is 0 Å². The molecule has 162 valence electrons. The van der Waals surface area contributed by atoms with E-state index in [0.717, 1.165) is 56.0 Å². The van der Waals surface area contributed by atoms with Crippen LogP contribution >= 0.6 is 0 Å². The third-order valence-electron chi connectivity index (χ3n) is 6.83. The number of rotatable bonds is 6. The van der Waals surface area contributed by atoms with Crippen LogP contribution in [0, 0.1) is 11.3 Å². The van der Waals surface area contributed by atoms with Crippen molar-refractivity contribution >= 4 is 29.4 Å². The largest absolute Gasteiger partial charge is 0.465 e. The summed E-state index contributed by atoms with van der Waals surface area (Å²) < 4.78 is 5.32. The maximum atomic E-state index is 12.9. The summed E-state index contributed by atoms with van der Waals surface area (Å²) >= 11 is 0. The highest BCUT2D eigenvalue weighted by Gasteiger charge is 2.58. The molecule has 1 aliphatic carbocycles. The Morgan fingerprint density at radius 3 is 2.84 bits per heavy atom. The Morgan fingerprint density at radius 2 is 2.10 bits per heavy atom. The van der Waals surface area contributed by atoms with Crippen LogP contribution in [-0.4, -0.2) is 49.6 Å². The minimum absolute atomic E-state index is 0.0876. The molecule has 3 fully saturated rings. The lowest BCUT2D eigenvalue weighted by Gasteiger charge is -2.32. The number of nitrogens with one attached hydrogen (secondary N) is 2. The summed E-state index contributed by atoms with van der Waals surface area (Å²) in [4.78, 5) is 28.9. The van der Waals surface area contributed by atoms with Gasteiger partial charge in [-0.1, -0.05) is 12.1 Å². The fourth-order valence-corrected chi connectivity index (χ4v) is 4.85. The molecule has 1 saturated carbocycles. The van der Waals surface area contributed by atoms with E-state index in [-0.39, 0.29) is 23.3 Å². The summed E-state index contributed by atoms with van der Waals surface area (Å²) in [6.07, 6.45) is 8.94. The van der Waals surface area contributed by atoms with Gasteiger partial charge in [0.1, 0.15) is 5.76 Å². The van der Waals surface area contributed by atoms with Gasteiger partial charge < -0.3 is 15.1 Å². The molecule has 0 radical (unpaired) electrons. The smallest absolute Gasteiger partial charge is 0.321 e. The van der Waals surface area contributed by atoms with Gasteiger partial charge in [0.05, 0.1) is 6.26 Å². The number of urea groups is 1. The first-order chi connectivity index (χ1) is 15.1. The van der Waals surface area contributed by atoms with Crippen molar-refractivity contribution in [3.63, 3.8) is 0 Å². The fourth-order valence-electron chi connectivity index (χ4n) is 4.85. The summed E-state index contributed by atoms with van der Waals surface area (Å²) in [5.74, 6) is 1.07. The number of nitrogens with zero attached hydrogens (tertiary/aromatic N) is 2. The van der Waals surface area contributed by atoms with Gasteiger partial charge in [0, 0.05) is 36.9 Å². The molecule has 7 nitrogen and oxygen atoms in total. The van der Waals surface area contributed by atoms with Crippen molar-refractivity contribution in [1.29, 1.82) is 0 Å². The zero-order chi connectivity index (χ0) is 21.3. The number of anilines is 2. The van der Waals surface area contributed by atoms with Gasteiger partial charge in [-0.2, -0.15) is 0 Å². The summed E-state index contributed by atoms with van der Waals surface area (Å²) in [5, 5.41) is 5.89. The zero-order valence-electron chi connectivity index (χ0n) is 17.5. The Hall–Kier alpha value is -3.06.